The van der Waals surface area contributed by atoms with Crippen molar-refractivity contribution in [3.63, 3.8) is 0 Å². The van der Waals surface area contributed by atoms with Gasteiger partial charge in [-0.15, -0.1) is 0 Å². The zero-order valence-corrected chi connectivity index (χ0v) is 15.2. The molecule has 5 heteroatoms. The van der Waals surface area contributed by atoms with Crippen LogP contribution >= 0.6 is 0 Å². The topological polar surface area (TPSA) is 50.2 Å². The normalized spacial score (nSPS) is 16.8. The highest BCUT2D eigenvalue weighted by molar-refractivity contribution is 5.36. The molecule has 1 aliphatic heterocycles. The summed E-state index contributed by atoms with van der Waals surface area (Å²) >= 11 is 0. The lowest BCUT2D eigenvalue weighted by Crippen LogP contribution is -2.47. The molecular weight excluding hydrogens is 312 g/mol. The molecule has 0 amide bonds. The van der Waals surface area contributed by atoms with Gasteiger partial charge in [-0.3, -0.25) is 4.79 Å². The summed E-state index contributed by atoms with van der Waals surface area (Å²) in [6, 6.07) is 11.7. The quantitative estimate of drug-likeness (QED) is 0.877. The first-order valence-corrected chi connectivity index (χ1v) is 9.20. The highest BCUT2D eigenvalue weighted by atomic mass is 16.1. The van der Waals surface area contributed by atoms with E-state index in [0.717, 1.165) is 38.8 Å². The maximum atomic E-state index is 12.2. The van der Waals surface area contributed by atoms with Gasteiger partial charge in [-0.2, -0.15) is 0 Å². The van der Waals surface area contributed by atoms with Crippen LogP contribution in [0.15, 0.2) is 47.5 Å². The van der Waals surface area contributed by atoms with Crippen LogP contribution in [-0.2, 0) is 13.5 Å². The average molecular weight is 340 g/mol. The van der Waals surface area contributed by atoms with E-state index in [0.29, 0.717) is 17.9 Å². The fourth-order valence-corrected chi connectivity index (χ4v) is 3.47. The third kappa shape index (κ3) is 4.69. The molecule has 1 N–H and O–H groups in total. The number of nitrogens with zero attached hydrogens (tertiary/aromatic N) is 3. The van der Waals surface area contributed by atoms with Gasteiger partial charge in [-0.05, 0) is 38.2 Å². The summed E-state index contributed by atoms with van der Waals surface area (Å²) in [7, 11) is 1.77. The molecule has 1 atom stereocenters. The Kier molecular flexibility index (Phi) is 5.87. The molecule has 2 heterocycles. The third-order valence-corrected chi connectivity index (χ3v) is 5.02. The van der Waals surface area contributed by atoms with Crippen molar-refractivity contribution >= 4 is 5.82 Å². The van der Waals surface area contributed by atoms with Gasteiger partial charge in [0.05, 0.1) is 0 Å². The zero-order valence-electron chi connectivity index (χ0n) is 15.2. The minimum atomic E-state index is -0.00913. The van der Waals surface area contributed by atoms with Crippen molar-refractivity contribution in [2.45, 2.75) is 44.7 Å². The number of aromatic nitrogens is 2. The highest BCUT2D eigenvalue weighted by Gasteiger charge is 2.22. The van der Waals surface area contributed by atoms with Gasteiger partial charge in [0.1, 0.15) is 0 Å². The van der Waals surface area contributed by atoms with Gasteiger partial charge in [0.15, 0.2) is 5.82 Å². The fraction of sp³-hybridized carbons (Fsp3) is 0.500. The molecule has 0 aliphatic carbocycles. The highest BCUT2D eigenvalue weighted by Crippen LogP contribution is 2.16. The number of nitrogens with one attached hydrogen (secondary N) is 1. The van der Waals surface area contributed by atoms with E-state index in [2.05, 4.69) is 52.5 Å². The Morgan fingerprint density at radius 2 is 1.96 bits per heavy atom. The number of hydrogen-bond acceptors (Lipinski definition) is 4. The van der Waals surface area contributed by atoms with Crippen molar-refractivity contribution in [1.29, 1.82) is 0 Å². The molecule has 1 saturated heterocycles. The number of anilines is 1. The minimum absolute atomic E-state index is 0.00913. The van der Waals surface area contributed by atoms with Crippen LogP contribution < -0.4 is 15.8 Å². The smallest absolute Gasteiger partial charge is 0.293 e. The van der Waals surface area contributed by atoms with Crippen molar-refractivity contribution in [2.24, 2.45) is 7.05 Å². The van der Waals surface area contributed by atoms with E-state index in [-0.39, 0.29) is 5.56 Å². The van der Waals surface area contributed by atoms with Crippen LogP contribution in [0.2, 0.25) is 0 Å². The van der Waals surface area contributed by atoms with E-state index in [4.69, 9.17) is 0 Å². The molecule has 3 rings (SSSR count). The molecule has 2 aromatic rings. The Balaban J connectivity index is 1.46. The Morgan fingerprint density at radius 3 is 2.68 bits per heavy atom. The Morgan fingerprint density at radius 1 is 1.24 bits per heavy atom. The number of aryl methyl sites for hydroxylation is 2. The van der Waals surface area contributed by atoms with E-state index in [9.17, 15) is 4.79 Å². The summed E-state index contributed by atoms with van der Waals surface area (Å²) in [6.07, 6.45) is 7.76. The summed E-state index contributed by atoms with van der Waals surface area (Å²) in [5.41, 5.74) is 1.39. The van der Waals surface area contributed by atoms with Crippen LogP contribution in [0.4, 0.5) is 5.82 Å². The number of piperidine rings is 1. The lowest BCUT2D eigenvalue weighted by molar-refractivity contribution is 0.365. The Labute approximate surface area is 149 Å². The van der Waals surface area contributed by atoms with E-state index < -0.39 is 0 Å². The zero-order chi connectivity index (χ0) is 17.6. The van der Waals surface area contributed by atoms with E-state index >= 15 is 0 Å². The number of hydrogen-bond donors (Lipinski definition) is 1. The molecule has 25 heavy (non-hydrogen) atoms. The van der Waals surface area contributed by atoms with E-state index in [1.165, 1.54) is 5.56 Å². The molecule has 1 aromatic carbocycles. The molecule has 1 aromatic heterocycles. The lowest BCUT2D eigenvalue weighted by atomic mass is 10.0. The minimum Gasteiger partial charge on any atom is -0.352 e. The van der Waals surface area contributed by atoms with Crippen molar-refractivity contribution < 1.29 is 0 Å². The molecule has 0 saturated carbocycles. The van der Waals surface area contributed by atoms with Crippen molar-refractivity contribution in [3.05, 3.63) is 58.6 Å². The molecule has 0 unspecified atom stereocenters. The predicted molar refractivity (Wildman–Crippen MR) is 102 cm³/mol. The molecule has 5 nitrogen and oxygen atoms in total. The summed E-state index contributed by atoms with van der Waals surface area (Å²) < 4.78 is 1.60. The lowest BCUT2D eigenvalue weighted by Gasteiger charge is -2.34. The standard InChI is InChI=1S/C20H28N4O/c1-16(8-9-17-6-4-3-5-7-17)22-18-10-13-24(14-11-18)19-20(25)23(2)15-12-21-19/h3-7,12,15-16,18,22H,8-11,13-14H2,1-2H3/t16-/m1/s1. The third-order valence-electron chi connectivity index (χ3n) is 5.02. The van der Waals surface area contributed by atoms with Crippen LogP contribution in [0.1, 0.15) is 31.7 Å². The van der Waals surface area contributed by atoms with Gasteiger partial charge < -0.3 is 14.8 Å². The second-order valence-electron chi connectivity index (χ2n) is 7.02. The number of rotatable bonds is 6. The molecular formula is C20H28N4O. The second kappa shape index (κ2) is 8.30. The largest absolute Gasteiger partial charge is 0.352 e. The Bertz CT molecular complexity index is 720. The van der Waals surface area contributed by atoms with Gasteiger partial charge in [0.2, 0.25) is 0 Å². The van der Waals surface area contributed by atoms with Gasteiger partial charge in [0.25, 0.3) is 5.56 Å². The van der Waals surface area contributed by atoms with Crippen LogP contribution in [0, 0.1) is 0 Å². The molecule has 134 valence electrons. The van der Waals surface area contributed by atoms with E-state index in [1.54, 1.807) is 24.0 Å². The molecule has 1 fully saturated rings. The molecule has 1 aliphatic rings. The first-order valence-electron chi connectivity index (χ1n) is 9.20. The van der Waals surface area contributed by atoms with Gasteiger partial charge in [0, 0.05) is 44.6 Å². The van der Waals surface area contributed by atoms with Gasteiger partial charge in [-0.1, -0.05) is 30.3 Å². The maximum Gasteiger partial charge on any atom is 0.293 e. The van der Waals surface area contributed by atoms with Gasteiger partial charge in [-0.25, -0.2) is 4.98 Å². The molecule has 0 spiro atoms. The van der Waals surface area contributed by atoms with Crippen molar-refractivity contribution in [1.82, 2.24) is 14.9 Å². The fourth-order valence-electron chi connectivity index (χ4n) is 3.47. The van der Waals surface area contributed by atoms with Gasteiger partial charge >= 0.3 is 0 Å². The van der Waals surface area contributed by atoms with E-state index in [1.807, 2.05) is 0 Å². The monoisotopic (exact) mass is 340 g/mol. The maximum absolute atomic E-state index is 12.2. The average Bonchev–Trinajstić information content (AvgIpc) is 2.64. The number of benzene rings is 1. The SMILES string of the molecule is C[C@H](CCc1ccccc1)NC1CCN(c2nccn(C)c2=O)CC1. The van der Waals surface area contributed by atoms with Crippen LogP contribution in [0.5, 0.6) is 0 Å². The summed E-state index contributed by atoms with van der Waals surface area (Å²) in [6.45, 7) is 4.04. The predicted octanol–water partition coefficient (Wildman–Crippen LogP) is 2.36. The summed E-state index contributed by atoms with van der Waals surface area (Å²) in [4.78, 5) is 18.6. The van der Waals surface area contributed by atoms with Crippen LogP contribution in [0.3, 0.4) is 0 Å². The Hall–Kier alpha value is -2.14. The van der Waals surface area contributed by atoms with Crippen LogP contribution in [0.25, 0.3) is 0 Å². The van der Waals surface area contributed by atoms with Crippen molar-refractivity contribution in [3.8, 4) is 0 Å². The van der Waals surface area contributed by atoms with Crippen molar-refractivity contribution in [2.75, 3.05) is 18.0 Å². The summed E-state index contributed by atoms with van der Waals surface area (Å²) in [5.74, 6) is 0.584. The molecule has 0 bridgehead atoms. The first kappa shape index (κ1) is 17.7. The molecule has 0 radical (unpaired) electrons. The first-order chi connectivity index (χ1) is 12.1. The van der Waals surface area contributed by atoms with Crippen LogP contribution in [-0.4, -0.2) is 34.7 Å². The second-order valence-corrected chi connectivity index (χ2v) is 7.02. The summed E-state index contributed by atoms with van der Waals surface area (Å²) in [5, 5.41) is 3.76.